The zero-order chi connectivity index (χ0) is 23.8. The molecule has 1 unspecified atom stereocenters. The lowest BCUT2D eigenvalue weighted by Crippen LogP contribution is -2.28. The van der Waals surface area contributed by atoms with Gasteiger partial charge in [0.2, 0.25) is 22.7 Å². The summed E-state index contributed by atoms with van der Waals surface area (Å²) in [5.41, 5.74) is 2.34. The van der Waals surface area contributed by atoms with Gasteiger partial charge in [0.15, 0.2) is 0 Å². The third kappa shape index (κ3) is 4.06. The van der Waals surface area contributed by atoms with Gasteiger partial charge in [-0.15, -0.1) is 16.4 Å². The van der Waals surface area contributed by atoms with Crippen LogP contribution in [0.3, 0.4) is 0 Å². The number of amides is 2. The van der Waals surface area contributed by atoms with E-state index in [2.05, 4.69) is 15.4 Å². The lowest BCUT2D eigenvalue weighted by Gasteiger charge is -2.19. The molecule has 1 saturated heterocycles. The first-order valence-corrected chi connectivity index (χ1v) is 11.7. The normalized spacial score (nSPS) is 15.7. The topological polar surface area (TPSA) is 98.1 Å². The van der Waals surface area contributed by atoms with Crippen molar-refractivity contribution < 1.29 is 19.1 Å². The fraction of sp³-hybridized carbons (Fsp3) is 0.217. The van der Waals surface area contributed by atoms with Gasteiger partial charge in [0.1, 0.15) is 11.5 Å². The minimum Gasteiger partial charge on any atom is -0.497 e. The van der Waals surface area contributed by atoms with Crippen molar-refractivity contribution in [1.82, 2.24) is 14.6 Å². The molecule has 9 nitrogen and oxygen atoms in total. The van der Waals surface area contributed by atoms with Gasteiger partial charge in [-0.25, -0.2) is 4.52 Å². The highest BCUT2D eigenvalue weighted by Crippen LogP contribution is 2.35. The Morgan fingerprint density at radius 2 is 1.97 bits per heavy atom. The number of hydrogen-bond donors (Lipinski definition) is 1. The van der Waals surface area contributed by atoms with Gasteiger partial charge in [-0.2, -0.15) is 4.98 Å². The molecule has 4 aromatic rings. The number of hydrogen-bond acceptors (Lipinski definition) is 7. The van der Waals surface area contributed by atoms with Gasteiger partial charge in [-0.1, -0.05) is 11.6 Å². The number of aromatic nitrogens is 3. The number of thiazole rings is 1. The van der Waals surface area contributed by atoms with Crippen LogP contribution in [-0.4, -0.2) is 47.2 Å². The molecule has 1 fully saturated rings. The third-order valence-corrected chi connectivity index (χ3v) is 6.68. The summed E-state index contributed by atoms with van der Waals surface area (Å²) in [4.78, 5) is 32.2. The highest BCUT2D eigenvalue weighted by atomic mass is 35.5. The van der Waals surface area contributed by atoms with Crippen molar-refractivity contribution >= 4 is 51.3 Å². The van der Waals surface area contributed by atoms with Gasteiger partial charge in [-0.05, 0) is 42.5 Å². The molecule has 2 aromatic carbocycles. The van der Waals surface area contributed by atoms with E-state index in [1.54, 1.807) is 29.8 Å². The smallest absolute Gasteiger partial charge is 0.250 e. The molecule has 1 aliphatic rings. The molecule has 2 aromatic heterocycles. The first kappa shape index (κ1) is 22.2. The molecule has 1 atom stereocenters. The van der Waals surface area contributed by atoms with Crippen LogP contribution in [0.1, 0.15) is 6.42 Å². The van der Waals surface area contributed by atoms with Crippen molar-refractivity contribution in [3.63, 3.8) is 0 Å². The SMILES string of the molecule is COc1ccc(-c2csc3nc(NC(=O)C4CC(=O)N(c5cc(Cl)ccc5OC)C4)nn23)cc1. The van der Waals surface area contributed by atoms with Crippen LogP contribution >= 0.6 is 22.9 Å². The van der Waals surface area contributed by atoms with Gasteiger partial charge >= 0.3 is 0 Å². The lowest BCUT2D eigenvalue weighted by molar-refractivity contribution is -0.122. The minimum atomic E-state index is -0.557. The standard InChI is InChI=1S/C23H20ClN5O4S/c1-32-16-6-3-13(4-7-16)18-12-34-23-26-22(27-29(18)23)25-21(31)14-9-20(30)28(11-14)17-10-15(24)5-8-19(17)33-2/h3-8,10,12,14H,9,11H2,1-2H3,(H,25,27,31). The second-order valence-corrected chi connectivity index (χ2v) is 8.96. The van der Waals surface area contributed by atoms with E-state index in [9.17, 15) is 9.59 Å². The first-order valence-electron chi connectivity index (χ1n) is 10.4. The fourth-order valence-electron chi connectivity index (χ4n) is 3.90. The van der Waals surface area contributed by atoms with Crippen molar-refractivity contribution in [1.29, 1.82) is 0 Å². The summed E-state index contributed by atoms with van der Waals surface area (Å²) < 4.78 is 12.3. The van der Waals surface area contributed by atoms with E-state index in [0.717, 1.165) is 17.0 Å². The number of ether oxygens (including phenoxy) is 2. The molecule has 34 heavy (non-hydrogen) atoms. The molecule has 1 aliphatic heterocycles. The van der Waals surface area contributed by atoms with Gasteiger partial charge in [-0.3, -0.25) is 14.9 Å². The van der Waals surface area contributed by atoms with Gasteiger partial charge in [0.05, 0.1) is 31.5 Å². The maximum absolute atomic E-state index is 12.9. The van der Waals surface area contributed by atoms with Gasteiger partial charge in [0.25, 0.3) is 0 Å². The van der Waals surface area contributed by atoms with E-state index < -0.39 is 5.92 Å². The van der Waals surface area contributed by atoms with Crippen molar-refractivity contribution in [3.8, 4) is 22.8 Å². The lowest BCUT2D eigenvalue weighted by atomic mass is 10.1. The Bertz CT molecular complexity index is 1380. The average molecular weight is 498 g/mol. The predicted molar refractivity (Wildman–Crippen MR) is 130 cm³/mol. The summed E-state index contributed by atoms with van der Waals surface area (Å²) in [6.07, 6.45) is 0.0703. The highest BCUT2D eigenvalue weighted by Gasteiger charge is 2.37. The predicted octanol–water partition coefficient (Wildman–Crippen LogP) is 4.12. The molecule has 11 heteroatoms. The molecule has 0 spiro atoms. The molecule has 0 radical (unpaired) electrons. The second-order valence-electron chi connectivity index (χ2n) is 7.69. The van der Waals surface area contributed by atoms with Crippen LogP contribution < -0.4 is 19.7 Å². The molecular formula is C23H20ClN5O4S. The third-order valence-electron chi connectivity index (χ3n) is 5.63. The summed E-state index contributed by atoms with van der Waals surface area (Å²) >= 11 is 7.53. The minimum absolute atomic E-state index is 0.0703. The van der Waals surface area contributed by atoms with E-state index in [1.807, 2.05) is 29.6 Å². The van der Waals surface area contributed by atoms with Crippen molar-refractivity contribution in [3.05, 3.63) is 52.9 Å². The Hall–Kier alpha value is -3.63. The molecule has 2 amide bonds. The number of carbonyl (C=O) groups is 2. The molecule has 3 heterocycles. The number of nitrogens with one attached hydrogen (secondary N) is 1. The summed E-state index contributed by atoms with van der Waals surface area (Å²) in [6, 6.07) is 12.6. The Kier molecular flexibility index (Phi) is 5.84. The van der Waals surface area contributed by atoms with Crippen LogP contribution in [0.25, 0.3) is 16.2 Å². The number of benzene rings is 2. The maximum Gasteiger partial charge on any atom is 0.250 e. The molecule has 0 saturated carbocycles. The Labute approximate surface area is 203 Å². The van der Waals surface area contributed by atoms with Crippen molar-refractivity contribution in [2.24, 2.45) is 5.92 Å². The number of carbonyl (C=O) groups excluding carboxylic acids is 2. The summed E-state index contributed by atoms with van der Waals surface area (Å²) in [6.45, 7) is 0.209. The van der Waals surface area contributed by atoms with Crippen LogP contribution in [0.2, 0.25) is 5.02 Å². The van der Waals surface area contributed by atoms with Crippen molar-refractivity contribution in [2.45, 2.75) is 6.42 Å². The van der Waals surface area contributed by atoms with Crippen LogP contribution in [0.15, 0.2) is 47.8 Å². The summed E-state index contributed by atoms with van der Waals surface area (Å²) in [5, 5.41) is 9.64. The molecule has 0 aliphatic carbocycles. The van der Waals surface area contributed by atoms with E-state index in [-0.39, 0.29) is 30.7 Å². The Balaban J connectivity index is 1.33. The van der Waals surface area contributed by atoms with Crippen molar-refractivity contribution in [2.75, 3.05) is 31.0 Å². The number of nitrogens with zero attached hydrogens (tertiary/aromatic N) is 4. The fourth-order valence-corrected chi connectivity index (χ4v) is 4.89. The van der Waals surface area contributed by atoms with Gasteiger partial charge < -0.3 is 14.4 Å². The number of fused-ring (bicyclic) bond motifs is 1. The monoisotopic (exact) mass is 497 g/mol. The summed E-state index contributed by atoms with van der Waals surface area (Å²) in [7, 11) is 3.14. The Morgan fingerprint density at radius 3 is 2.71 bits per heavy atom. The summed E-state index contributed by atoms with van der Waals surface area (Å²) in [5.74, 6) is 0.414. The largest absolute Gasteiger partial charge is 0.497 e. The second kappa shape index (κ2) is 8.96. The zero-order valence-corrected chi connectivity index (χ0v) is 19.9. The van der Waals surface area contributed by atoms with Gasteiger partial charge in [0, 0.05) is 28.9 Å². The van der Waals surface area contributed by atoms with Crippen LogP contribution in [-0.2, 0) is 9.59 Å². The molecule has 174 valence electrons. The Morgan fingerprint density at radius 1 is 1.18 bits per heavy atom. The molecular weight excluding hydrogens is 478 g/mol. The maximum atomic E-state index is 12.9. The number of halogens is 1. The molecule has 5 rings (SSSR count). The van der Waals surface area contributed by atoms with E-state index in [4.69, 9.17) is 21.1 Å². The van der Waals surface area contributed by atoms with Crippen LogP contribution in [0.4, 0.5) is 11.6 Å². The zero-order valence-electron chi connectivity index (χ0n) is 18.3. The van der Waals surface area contributed by atoms with Crippen LogP contribution in [0, 0.1) is 5.92 Å². The highest BCUT2D eigenvalue weighted by molar-refractivity contribution is 7.15. The average Bonchev–Trinajstić information content (AvgIpc) is 3.53. The van der Waals surface area contributed by atoms with E-state index >= 15 is 0 Å². The number of rotatable bonds is 6. The quantitative estimate of drug-likeness (QED) is 0.430. The molecule has 1 N–H and O–H groups in total. The van der Waals surface area contributed by atoms with Crippen LogP contribution in [0.5, 0.6) is 11.5 Å². The van der Waals surface area contributed by atoms with E-state index in [1.165, 1.54) is 23.3 Å². The number of methoxy groups -OCH3 is 2. The first-order chi connectivity index (χ1) is 16.5. The number of anilines is 2. The molecule has 0 bridgehead atoms. The van der Waals surface area contributed by atoms with E-state index in [0.29, 0.717) is 21.4 Å².